The molecule has 280 valence electrons. The minimum Gasteiger partial charge on any atom is -0.460 e. The van der Waals surface area contributed by atoms with Gasteiger partial charge in [0.2, 0.25) is 5.91 Å². The van der Waals surface area contributed by atoms with E-state index in [4.69, 9.17) is 9.47 Å². The Morgan fingerprint density at radius 1 is 0.863 bits per heavy atom. The monoisotopic (exact) mass is 701 g/mol. The predicted octanol–water partition coefficient (Wildman–Crippen LogP) is 8.78. The van der Waals surface area contributed by atoms with Crippen LogP contribution in [0.3, 0.4) is 0 Å². The van der Waals surface area contributed by atoms with Crippen LogP contribution in [0.15, 0.2) is 42.0 Å². The van der Waals surface area contributed by atoms with Crippen LogP contribution in [0, 0.1) is 56.2 Å². The third-order valence-electron chi connectivity index (χ3n) is 15.5. The number of allylic oxidation sites excluding steroid dienone is 2. The third-order valence-corrected chi connectivity index (χ3v) is 15.5. The zero-order valence-corrected chi connectivity index (χ0v) is 33.0. The maximum absolute atomic E-state index is 14.8. The van der Waals surface area contributed by atoms with Gasteiger partial charge in [0.15, 0.2) is 5.78 Å². The Hall–Kier alpha value is -2.96. The highest BCUT2D eigenvalue weighted by atomic mass is 16.6. The van der Waals surface area contributed by atoms with Gasteiger partial charge in [-0.1, -0.05) is 77.4 Å². The van der Waals surface area contributed by atoms with Gasteiger partial charge in [0.05, 0.1) is 5.41 Å². The van der Waals surface area contributed by atoms with Crippen LogP contribution in [0.25, 0.3) is 0 Å². The Morgan fingerprint density at radius 2 is 1.53 bits per heavy atom. The van der Waals surface area contributed by atoms with Gasteiger partial charge < -0.3 is 14.8 Å². The molecule has 1 aromatic rings. The summed E-state index contributed by atoms with van der Waals surface area (Å²) >= 11 is 0. The highest BCUT2D eigenvalue weighted by molar-refractivity contribution is 5.96. The number of ketones is 1. The molecule has 51 heavy (non-hydrogen) atoms. The van der Waals surface area contributed by atoms with Gasteiger partial charge in [-0.25, -0.2) is 0 Å². The second kappa shape index (κ2) is 12.6. The molecule has 0 saturated heterocycles. The van der Waals surface area contributed by atoms with Crippen LogP contribution < -0.4 is 5.32 Å². The average Bonchev–Trinajstić information content (AvgIpc) is 3.03. The SMILES string of the molecule is CC(C)(C)OC(=O)CNC(=O)[C@H]1CC[C@]2(C)[C@H]3C(=O)C=C4C5C[C@@](C)(C(=O)OCc6ccccc6)CC[C@]5(C)CC[C@@]4(C)[C@]3(C)CC[C@H]2C1(C)C. The van der Waals surface area contributed by atoms with E-state index in [1.165, 1.54) is 5.57 Å². The number of esters is 2. The number of nitrogens with one attached hydrogen (secondary N) is 1. The summed E-state index contributed by atoms with van der Waals surface area (Å²) in [5, 5.41) is 2.89. The molecule has 4 fully saturated rings. The number of hydrogen-bond donors (Lipinski definition) is 1. The minimum absolute atomic E-state index is 0.0435. The minimum atomic E-state index is -0.609. The first-order chi connectivity index (χ1) is 23.6. The van der Waals surface area contributed by atoms with Crippen LogP contribution in [0.5, 0.6) is 0 Å². The van der Waals surface area contributed by atoms with Crippen molar-refractivity contribution in [3.05, 3.63) is 47.5 Å². The van der Waals surface area contributed by atoms with Crippen molar-refractivity contribution in [3.8, 4) is 0 Å². The third kappa shape index (κ3) is 6.20. The quantitative estimate of drug-likeness (QED) is 0.298. The van der Waals surface area contributed by atoms with Crippen molar-refractivity contribution in [1.29, 1.82) is 0 Å². The van der Waals surface area contributed by atoms with E-state index < -0.39 is 17.0 Å². The van der Waals surface area contributed by atoms with Gasteiger partial charge in [0.25, 0.3) is 0 Å². The molecular weight excluding hydrogens is 638 g/mol. The number of carbonyl (C=O) groups is 4. The van der Waals surface area contributed by atoms with Crippen LogP contribution in [-0.4, -0.2) is 35.8 Å². The first kappa shape index (κ1) is 37.8. The molecule has 6 rings (SSSR count). The molecule has 5 aliphatic rings. The van der Waals surface area contributed by atoms with E-state index >= 15 is 0 Å². The maximum Gasteiger partial charge on any atom is 0.325 e. The van der Waals surface area contributed by atoms with E-state index in [1.807, 2.05) is 51.1 Å². The molecule has 0 aromatic heterocycles. The van der Waals surface area contributed by atoms with Gasteiger partial charge >= 0.3 is 11.9 Å². The molecule has 1 unspecified atom stereocenters. The lowest BCUT2D eigenvalue weighted by Gasteiger charge is -2.70. The molecule has 4 saturated carbocycles. The van der Waals surface area contributed by atoms with Crippen molar-refractivity contribution in [2.45, 2.75) is 139 Å². The molecule has 1 aromatic carbocycles. The Bertz CT molecular complexity index is 1610. The maximum atomic E-state index is 14.8. The highest BCUT2D eigenvalue weighted by Gasteiger charge is 2.70. The van der Waals surface area contributed by atoms with Gasteiger partial charge in [0, 0.05) is 11.8 Å². The van der Waals surface area contributed by atoms with Gasteiger partial charge in [0.1, 0.15) is 18.8 Å². The predicted molar refractivity (Wildman–Crippen MR) is 198 cm³/mol. The zero-order chi connectivity index (χ0) is 37.4. The summed E-state index contributed by atoms with van der Waals surface area (Å²) in [6, 6.07) is 9.87. The molecule has 0 bridgehead atoms. The second-order valence-electron chi connectivity index (χ2n) is 20.0. The Balaban J connectivity index is 1.25. The van der Waals surface area contributed by atoms with Crippen molar-refractivity contribution in [2.24, 2.45) is 56.2 Å². The normalized spacial score (nSPS) is 40.0. The Kier molecular flexibility index (Phi) is 9.32. The van der Waals surface area contributed by atoms with Crippen LogP contribution >= 0.6 is 0 Å². The standard InChI is InChI=1S/C44H63NO6/c1-38(2,3)51-34(47)26-45-36(48)29-16-18-42(8)33(39(29,4)5)17-19-44(10)35(42)32(46)24-30-31-25-41(7,21-20-40(31,6)22-23-43(30,44)9)37(49)50-27-28-14-12-11-13-15-28/h11-15,24,29,31,33,35H,16-23,25-27H2,1-10H3,(H,45,48)/t29-,31?,33+,35-,40-,41+,42+,43-,44-/m1/s1. The summed E-state index contributed by atoms with van der Waals surface area (Å²) < 4.78 is 11.4. The second-order valence-corrected chi connectivity index (χ2v) is 20.0. The molecule has 0 radical (unpaired) electrons. The zero-order valence-electron chi connectivity index (χ0n) is 33.0. The molecule has 0 spiro atoms. The van der Waals surface area contributed by atoms with E-state index in [0.717, 1.165) is 50.5 Å². The summed E-state index contributed by atoms with van der Waals surface area (Å²) in [4.78, 5) is 54.7. The topological polar surface area (TPSA) is 98.8 Å². The first-order valence-corrected chi connectivity index (χ1v) is 19.6. The fourth-order valence-corrected chi connectivity index (χ4v) is 12.4. The van der Waals surface area contributed by atoms with Crippen LogP contribution in [0.4, 0.5) is 0 Å². The van der Waals surface area contributed by atoms with Crippen LogP contribution in [-0.2, 0) is 35.3 Å². The Labute approximate surface area is 306 Å². The fourth-order valence-electron chi connectivity index (χ4n) is 12.4. The summed E-state index contributed by atoms with van der Waals surface area (Å²) in [6.07, 6.45) is 9.98. The molecule has 7 nitrogen and oxygen atoms in total. The molecule has 7 heteroatoms. The van der Waals surface area contributed by atoms with E-state index in [-0.39, 0.29) is 81.6 Å². The number of amides is 1. The number of rotatable bonds is 6. The first-order valence-electron chi connectivity index (χ1n) is 19.6. The number of benzene rings is 1. The van der Waals surface area contributed by atoms with Gasteiger partial charge in [-0.2, -0.15) is 0 Å². The van der Waals surface area contributed by atoms with Gasteiger partial charge in [-0.05, 0) is 136 Å². The Morgan fingerprint density at radius 3 is 2.20 bits per heavy atom. The summed E-state index contributed by atoms with van der Waals surface area (Å²) in [7, 11) is 0. The lowest BCUT2D eigenvalue weighted by molar-refractivity contribution is -0.195. The molecule has 0 aliphatic heterocycles. The fraction of sp³-hybridized carbons (Fsp3) is 0.727. The smallest absolute Gasteiger partial charge is 0.325 e. The van der Waals surface area contributed by atoms with E-state index in [2.05, 4.69) is 59.9 Å². The van der Waals surface area contributed by atoms with E-state index in [1.54, 1.807) is 0 Å². The van der Waals surface area contributed by atoms with Crippen LogP contribution in [0.2, 0.25) is 0 Å². The highest BCUT2D eigenvalue weighted by Crippen LogP contribution is 2.75. The van der Waals surface area contributed by atoms with Crippen molar-refractivity contribution < 1.29 is 28.7 Å². The van der Waals surface area contributed by atoms with Crippen molar-refractivity contribution in [1.82, 2.24) is 5.32 Å². The van der Waals surface area contributed by atoms with E-state index in [9.17, 15) is 19.2 Å². The molecule has 5 aliphatic carbocycles. The molecule has 0 heterocycles. The van der Waals surface area contributed by atoms with E-state index in [0.29, 0.717) is 12.8 Å². The van der Waals surface area contributed by atoms with Crippen molar-refractivity contribution >= 4 is 23.6 Å². The summed E-state index contributed by atoms with van der Waals surface area (Å²) in [5.41, 5.74) is 0.0865. The van der Waals surface area contributed by atoms with Gasteiger partial charge in [-0.3, -0.25) is 19.2 Å². The number of carbonyl (C=O) groups excluding carboxylic acids is 4. The van der Waals surface area contributed by atoms with Gasteiger partial charge in [-0.15, -0.1) is 0 Å². The summed E-state index contributed by atoms with van der Waals surface area (Å²) in [6.45, 7) is 21.7. The summed E-state index contributed by atoms with van der Waals surface area (Å²) in [5.74, 6) is -0.483. The molecule has 1 N–H and O–H groups in total. The molecular formula is C44H63NO6. The number of fused-ring (bicyclic) bond motifs is 7. The lowest BCUT2D eigenvalue weighted by Crippen LogP contribution is -2.66. The van der Waals surface area contributed by atoms with Crippen molar-refractivity contribution in [2.75, 3.05) is 6.54 Å². The largest absolute Gasteiger partial charge is 0.460 e. The molecule has 9 atom stereocenters. The molecule has 1 amide bonds. The number of ether oxygens (including phenoxy) is 2. The average molecular weight is 702 g/mol. The van der Waals surface area contributed by atoms with Crippen molar-refractivity contribution in [3.63, 3.8) is 0 Å². The lowest BCUT2D eigenvalue weighted by atomic mass is 9.33. The van der Waals surface area contributed by atoms with Crippen LogP contribution in [0.1, 0.15) is 133 Å². The number of hydrogen-bond acceptors (Lipinski definition) is 6.